The number of aliphatic hydroxyl groups excluding tert-OH is 2. The van der Waals surface area contributed by atoms with E-state index < -0.39 is 18.1 Å². The van der Waals surface area contributed by atoms with Gasteiger partial charge in [0.2, 0.25) is 0 Å². The van der Waals surface area contributed by atoms with E-state index in [0.717, 1.165) is 48.2 Å². The van der Waals surface area contributed by atoms with Crippen LogP contribution in [0.1, 0.15) is 75.4 Å². The lowest BCUT2D eigenvalue weighted by Gasteiger charge is -2.30. The fraction of sp³-hybridized carbons (Fsp3) is 0.568. The molecule has 1 fully saturated rings. The van der Waals surface area contributed by atoms with Crippen molar-refractivity contribution in [2.45, 2.75) is 99.6 Å². The molecule has 1 amide bonds. The van der Waals surface area contributed by atoms with Gasteiger partial charge in [-0.2, -0.15) is 0 Å². The van der Waals surface area contributed by atoms with Crippen LogP contribution >= 0.6 is 11.3 Å². The van der Waals surface area contributed by atoms with Crippen molar-refractivity contribution < 1.29 is 19.8 Å². The lowest BCUT2D eigenvalue weighted by molar-refractivity contribution is -0.149. The highest BCUT2D eigenvalue weighted by Gasteiger charge is 2.37. The summed E-state index contributed by atoms with van der Waals surface area (Å²) in [4.78, 5) is 35.4. The van der Waals surface area contributed by atoms with Crippen LogP contribution in [0.3, 0.4) is 0 Å². The number of likely N-dealkylation sites (tertiary alicyclic amines) is 1. The van der Waals surface area contributed by atoms with E-state index in [9.17, 15) is 19.8 Å². The number of nitrogens with zero attached hydrogens (tertiary/aromatic N) is 5. The van der Waals surface area contributed by atoms with E-state index in [2.05, 4.69) is 38.7 Å². The van der Waals surface area contributed by atoms with Gasteiger partial charge in [0.25, 0.3) is 5.91 Å². The summed E-state index contributed by atoms with van der Waals surface area (Å²) in [6.07, 6.45) is 11.8. The summed E-state index contributed by atoms with van der Waals surface area (Å²) < 4.78 is 2.22. The van der Waals surface area contributed by atoms with Crippen LogP contribution in [0.25, 0.3) is 0 Å². The second-order valence-corrected chi connectivity index (χ2v) is 12.2. The van der Waals surface area contributed by atoms with Gasteiger partial charge >= 0.3 is 0 Å². The Morgan fingerprint density at radius 2 is 1.71 bits per heavy atom. The van der Waals surface area contributed by atoms with E-state index in [1.165, 1.54) is 5.69 Å². The van der Waals surface area contributed by atoms with E-state index >= 15 is 0 Å². The van der Waals surface area contributed by atoms with Crippen LogP contribution in [-0.2, 0) is 22.7 Å². The molecule has 1 aliphatic heterocycles. The van der Waals surface area contributed by atoms with E-state index in [-0.39, 0.29) is 18.2 Å². The molecule has 48 heavy (non-hydrogen) atoms. The normalized spacial score (nSPS) is 15.8. The molecule has 1 saturated heterocycles. The Morgan fingerprint density at radius 3 is 2.17 bits per heavy atom. The highest BCUT2D eigenvalue weighted by molar-refractivity contribution is 7.09. The SMILES string of the molecule is C/C=C\C.C=CC=CC(/C=C\C)C1CCCN1C(=O)C(O)C(O)C=O.CC.CN(C)C.CNCc1nc(Cn2c(C)nc(C)c2C)cs1. The first kappa shape index (κ1) is 46.9. The summed E-state index contributed by atoms with van der Waals surface area (Å²) in [6.45, 7) is 21.9. The first-order valence-electron chi connectivity index (χ1n) is 16.6. The number of nitrogens with one attached hydrogen (secondary N) is 1. The summed E-state index contributed by atoms with van der Waals surface area (Å²) in [5.41, 5.74) is 3.45. The molecule has 11 heteroatoms. The molecule has 0 radical (unpaired) electrons. The summed E-state index contributed by atoms with van der Waals surface area (Å²) >= 11 is 1.70. The Labute approximate surface area is 295 Å². The number of carbonyl (C=O) groups is 2. The highest BCUT2D eigenvalue weighted by atomic mass is 32.1. The van der Waals surface area contributed by atoms with Crippen LogP contribution in [0.4, 0.5) is 0 Å². The van der Waals surface area contributed by atoms with Crippen molar-refractivity contribution in [3.05, 3.63) is 82.4 Å². The molecule has 3 N–H and O–H groups in total. The van der Waals surface area contributed by atoms with Crippen LogP contribution in [0.5, 0.6) is 0 Å². The molecular formula is C37H64N6O4S. The monoisotopic (exact) mass is 688 g/mol. The molecular weight excluding hydrogens is 625 g/mol. The van der Waals surface area contributed by atoms with E-state index in [1.807, 2.05) is 118 Å². The quantitative estimate of drug-likeness (QED) is 0.157. The minimum absolute atomic E-state index is 0.0139. The zero-order chi connectivity index (χ0) is 37.2. The average molecular weight is 689 g/mol. The van der Waals surface area contributed by atoms with Crippen molar-refractivity contribution in [2.75, 3.05) is 34.7 Å². The van der Waals surface area contributed by atoms with Gasteiger partial charge in [-0.15, -0.1) is 11.3 Å². The topological polar surface area (TPSA) is 124 Å². The fourth-order valence-electron chi connectivity index (χ4n) is 4.48. The maximum Gasteiger partial charge on any atom is 0.254 e. The van der Waals surface area contributed by atoms with E-state index in [4.69, 9.17) is 0 Å². The van der Waals surface area contributed by atoms with Gasteiger partial charge in [0.1, 0.15) is 16.9 Å². The van der Waals surface area contributed by atoms with Crippen LogP contribution in [0.2, 0.25) is 0 Å². The summed E-state index contributed by atoms with van der Waals surface area (Å²) in [6, 6.07) is -0.0848. The largest absolute Gasteiger partial charge is 0.382 e. The lowest BCUT2D eigenvalue weighted by atomic mass is 9.95. The number of aromatic nitrogens is 3. The predicted octanol–water partition coefficient (Wildman–Crippen LogP) is 5.65. The number of rotatable bonds is 11. The molecule has 2 aromatic rings. The number of aliphatic hydroxyl groups is 2. The third-order valence-corrected chi connectivity index (χ3v) is 7.75. The Kier molecular flexibility index (Phi) is 27.1. The van der Waals surface area contributed by atoms with Gasteiger partial charge in [-0.05, 0) is 82.6 Å². The number of thiazole rings is 1. The van der Waals surface area contributed by atoms with Crippen LogP contribution < -0.4 is 5.32 Å². The van der Waals surface area contributed by atoms with Crippen molar-refractivity contribution in [1.82, 2.24) is 29.7 Å². The van der Waals surface area contributed by atoms with Crippen LogP contribution in [-0.4, -0.2) is 99.7 Å². The molecule has 3 rings (SSSR count). The van der Waals surface area contributed by atoms with Crippen molar-refractivity contribution >= 4 is 23.5 Å². The molecule has 0 spiro atoms. The first-order valence-corrected chi connectivity index (χ1v) is 17.5. The van der Waals surface area contributed by atoms with Gasteiger partial charge in [-0.25, -0.2) is 9.97 Å². The number of carbonyl (C=O) groups excluding carboxylic acids is 2. The van der Waals surface area contributed by atoms with Gasteiger partial charge in [0.15, 0.2) is 12.4 Å². The third-order valence-electron chi connectivity index (χ3n) is 6.86. The molecule has 10 nitrogen and oxygen atoms in total. The van der Waals surface area contributed by atoms with Crippen molar-refractivity contribution in [2.24, 2.45) is 5.92 Å². The van der Waals surface area contributed by atoms with E-state index in [1.54, 1.807) is 22.3 Å². The van der Waals surface area contributed by atoms with Crippen molar-refractivity contribution in [3.63, 3.8) is 0 Å². The predicted molar refractivity (Wildman–Crippen MR) is 202 cm³/mol. The summed E-state index contributed by atoms with van der Waals surface area (Å²) in [5, 5.41) is 25.4. The van der Waals surface area contributed by atoms with Crippen molar-refractivity contribution in [3.8, 4) is 0 Å². The van der Waals surface area contributed by atoms with Crippen LogP contribution in [0, 0.1) is 26.7 Å². The van der Waals surface area contributed by atoms with E-state index in [0.29, 0.717) is 6.54 Å². The number of aldehydes is 1. The molecule has 272 valence electrons. The van der Waals surface area contributed by atoms with Gasteiger partial charge < -0.3 is 34.7 Å². The number of aryl methyl sites for hydroxylation is 2. The lowest BCUT2D eigenvalue weighted by Crippen LogP contribution is -2.48. The Bertz CT molecular complexity index is 1240. The molecule has 0 aromatic carbocycles. The number of hydrogen-bond donors (Lipinski definition) is 3. The molecule has 3 heterocycles. The zero-order valence-electron chi connectivity index (χ0n) is 31.6. The van der Waals surface area contributed by atoms with Gasteiger partial charge in [0, 0.05) is 36.1 Å². The third kappa shape index (κ3) is 17.8. The number of amides is 1. The van der Waals surface area contributed by atoms with Gasteiger partial charge in [-0.1, -0.05) is 63.0 Å². The number of allylic oxidation sites excluding steroid dienone is 5. The maximum atomic E-state index is 12.2. The van der Waals surface area contributed by atoms with Gasteiger partial charge in [0.05, 0.1) is 17.9 Å². The number of imidazole rings is 1. The Hall–Kier alpha value is -3.22. The molecule has 4 unspecified atom stereocenters. The maximum absolute atomic E-state index is 12.2. The second kappa shape index (κ2) is 27.7. The molecule has 0 saturated carbocycles. The zero-order valence-corrected chi connectivity index (χ0v) is 32.4. The van der Waals surface area contributed by atoms with Crippen molar-refractivity contribution in [1.29, 1.82) is 0 Å². The molecule has 4 atom stereocenters. The summed E-state index contributed by atoms with van der Waals surface area (Å²) in [7, 11) is 7.94. The molecule has 1 aliphatic rings. The first-order chi connectivity index (χ1) is 22.8. The fourth-order valence-corrected chi connectivity index (χ4v) is 5.27. The highest BCUT2D eigenvalue weighted by Crippen LogP contribution is 2.27. The molecule has 0 bridgehead atoms. The molecule has 0 aliphatic carbocycles. The van der Waals surface area contributed by atoms with Crippen LogP contribution in [0.15, 0.2) is 54.5 Å². The average Bonchev–Trinajstić information content (AvgIpc) is 3.80. The Morgan fingerprint density at radius 1 is 1.10 bits per heavy atom. The molecule has 2 aromatic heterocycles. The smallest absolute Gasteiger partial charge is 0.254 e. The second-order valence-electron chi connectivity index (χ2n) is 11.2. The Balaban J connectivity index is 0. The minimum atomic E-state index is -1.70. The van der Waals surface area contributed by atoms with Gasteiger partial charge in [-0.3, -0.25) is 4.79 Å². The standard InChI is InChI=1S/C16H23NO4.C12H18N4S.C4H8.C3H9N.C2H6/c1-3-5-8-12(7-4-2)13-9-6-10-17(13)16(21)15(20)14(19)11-18;1-8-9(2)16(10(3)14-8)6-11-7-17-12(15-11)5-13-4;1-3-4-2;1-4(2)3;1-2/h3-5,7-8,11-15,19-20H,1,6,9-10H2,2H3;7,13H,5-6H2,1-4H3;3-4H,1-2H3;1-3H3;1-2H3/b7-4-,8-5?;;4-3-;;. The minimum Gasteiger partial charge on any atom is -0.382 e. The summed E-state index contributed by atoms with van der Waals surface area (Å²) in [5.74, 6) is 0.474. The number of hydrogen-bond acceptors (Lipinski definition) is 9.